The van der Waals surface area contributed by atoms with Crippen LogP contribution in [0.4, 0.5) is 5.69 Å². The Morgan fingerprint density at radius 3 is 2.70 bits per heavy atom. The average Bonchev–Trinajstić information content (AvgIpc) is 2.83. The van der Waals surface area contributed by atoms with Crippen LogP contribution in [0.5, 0.6) is 0 Å². The van der Waals surface area contributed by atoms with Gasteiger partial charge in [-0.05, 0) is 54.8 Å². The van der Waals surface area contributed by atoms with Crippen molar-refractivity contribution in [2.24, 2.45) is 0 Å². The number of aryl methyl sites for hydroxylation is 1. The summed E-state index contributed by atoms with van der Waals surface area (Å²) in [6, 6.07) is 14.7. The lowest BCUT2D eigenvalue weighted by molar-refractivity contribution is 0.613. The summed E-state index contributed by atoms with van der Waals surface area (Å²) in [4.78, 5) is 0. The van der Waals surface area contributed by atoms with Crippen molar-refractivity contribution in [1.29, 1.82) is 0 Å². The summed E-state index contributed by atoms with van der Waals surface area (Å²) in [6.45, 7) is 2.99. The fourth-order valence-electron chi connectivity index (χ4n) is 2.27. The fraction of sp³-hybridized carbons (Fsp3) is 0.176. The van der Waals surface area contributed by atoms with E-state index in [4.69, 9.17) is 4.42 Å². The fourth-order valence-corrected chi connectivity index (χ4v) is 2.53. The van der Waals surface area contributed by atoms with Crippen molar-refractivity contribution in [3.63, 3.8) is 0 Å². The Balaban J connectivity index is 1.64. The highest BCUT2D eigenvalue weighted by atomic mass is 79.9. The number of furan rings is 1. The molecule has 0 unspecified atom stereocenters. The number of fused-ring (bicyclic) bond motifs is 1. The van der Waals surface area contributed by atoms with Crippen LogP contribution in [0.15, 0.2) is 57.6 Å². The summed E-state index contributed by atoms with van der Waals surface area (Å²) < 4.78 is 6.58. The van der Waals surface area contributed by atoms with Gasteiger partial charge in [0.15, 0.2) is 0 Å². The summed E-state index contributed by atoms with van der Waals surface area (Å²) >= 11 is 3.45. The maximum absolute atomic E-state index is 5.46. The molecule has 0 saturated heterocycles. The molecule has 2 nitrogen and oxygen atoms in total. The number of rotatable bonds is 4. The lowest BCUT2D eigenvalue weighted by Crippen LogP contribution is -2.04. The second kappa shape index (κ2) is 5.71. The lowest BCUT2D eigenvalue weighted by Gasteiger charge is -2.07. The molecule has 0 saturated carbocycles. The van der Waals surface area contributed by atoms with Crippen molar-refractivity contribution in [2.45, 2.75) is 13.3 Å². The Morgan fingerprint density at radius 1 is 1.10 bits per heavy atom. The van der Waals surface area contributed by atoms with E-state index in [9.17, 15) is 0 Å². The van der Waals surface area contributed by atoms with Crippen LogP contribution in [0.1, 0.15) is 11.1 Å². The topological polar surface area (TPSA) is 25.2 Å². The van der Waals surface area contributed by atoms with E-state index in [0.29, 0.717) is 0 Å². The van der Waals surface area contributed by atoms with Gasteiger partial charge in [-0.2, -0.15) is 0 Å². The number of nitrogens with one attached hydrogen (secondary N) is 1. The third-order valence-electron chi connectivity index (χ3n) is 3.42. The summed E-state index contributed by atoms with van der Waals surface area (Å²) in [6.07, 6.45) is 2.81. The minimum Gasteiger partial charge on any atom is -0.464 e. The first-order valence-corrected chi connectivity index (χ1v) is 7.48. The van der Waals surface area contributed by atoms with Crippen LogP contribution in [0, 0.1) is 6.92 Å². The summed E-state index contributed by atoms with van der Waals surface area (Å²) in [7, 11) is 0. The molecule has 2 aromatic carbocycles. The molecule has 3 rings (SSSR count). The van der Waals surface area contributed by atoms with Crippen molar-refractivity contribution in [3.05, 3.63) is 64.3 Å². The monoisotopic (exact) mass is 329 g/mol. The first-order valence-electron chi connectivity index (χ1n) is 6.68. The Hall–Kier alpha value is -1.74. The molecule has 0 spiro atoms. The number of benzene rings is 2. The predicted molar refractivity (Wildman–Crippen MR) is 87.3 cm³/mol. The number of hydrogen-bond donors (Lipinski definition) is 1. The van der Waals surface area contributed by atoms with Gasteiger partial charge < -0.3 is 9.73 Å². The lowest BCUT2D eigenvalue weighted by atomic mass is 10.1. The summed E-state index contributed by atoms with van der Waals surface area (Å²) in [5.74, 6) is 0. The van der Waals surface area contributed by atoms with E-state index in [2.05, 4.69) is 64.6 Å². The average molecular weight is 330 g/mol. The first kappa shape index (κ1) is 13.3. The van der Waals surface area contributed by atoms with E-state index >= 15 is 0 Å². The molecule has 0 aliphatic heterocycles. The van der Waals surface area contributed by atoms with Gasteiger partial charge in [-0.15, -0.1) is 0 Å². The van der Waals surface area contributed by atoms with Crippen molar-refractivity contribution in [2.75, 3.05) is 11.9 Å². The van der Waals surface area contributed by atoms with Gasteiger partial charge in [-0.1, -0.05) is 28.1 Å². The molecule has 1 aromatic heterocycles. The molecule has 0 fully saturated rings. The molecular weight excluding hydrogens is 314 g/mol. The third-order valence-corrected chi connectivity index (χ3v) is 3.95. The smallest absolute Gasteiger partial charge is 0.134 e. The molecule has 0 amide bonds. The van der Waals surface area contributed by atoms with Gasteiger partial charge in [0.1, 0.15) is 5.58 Å². The molecule has 20 heavy (non-hydrogen) atoms. The van der Waals surface area contributed by atoms with Crippen LogP contribution < -0.4 is 5.32 Å². The summed E-state index contributed by atoms with van der Waals surface area (Å²) in [5, 5.41) is 4.64. The minimum absolute atomic E-state index is 0.921. The normalized spacial score (nSPS) is 10.9. The van der Waals surface area contributed by atoms with Gasteiger partial charge in [0.05, 0.1) is 6.26 Å². The Kier molecular flexibility index (Phi) is 3.79. The SMILES string of the molecule is Cc1coc2ccc(NCCc3ccc(Br)cc3)cc12. The molecule has 1 heterocycles. The predicted octanol–water partition coefficient (Wildman–Crippen LogP) is 5.16. The van der Waals surface area contributed by atoms with Crippen LogP contribution in [0.2, 0.25) is 0 Å². The quantitative estimate of drug-likeness (QED) is 0.715. The van der Waals surface area contributed by atoms with Crippen molar-refractivity contribution in [1.82, 2.24) is 0 Å². The molecule has 1 N–H and O–H groups in total. The van der Waals surface area contributed by atoms with E-state index in [1.54, 1.807) is 6.26 Å². The van der Waals surface area contributed by atoms with Gasteiger partial charge in [-0.25, -0.2) is 0 Å². The highest BCUT2D eigenvalue weighted by Crippen LogP contribution is 2.24. The van der Waals surface area contributed by atoms with E-state index in [0.717, 1.165) is 28.7 Å². The zero-order valence-corrected chi connectivity index (χ0v) is 12.9. The van der Waals surface area contributed by atoms with E-state index in [-0.39, 0.29) is 0 Å². The molecule has 3 heteroatoms. The largest absolute Gasteiger partial charge is 0.464 e. The zero-order chi connectivity index (χ0) is 13.9. The minimum atomic E-state index is 0.921. The van der Waals surface area contributed by atoms with Crippen LogP contribution >= 0.6 is 15.9 Å². The molecule has 0 bridgehead atoms. The maximum atomic E-state index is 5.46. The van der Waals surface area contributed by atoms with E-state index < -0.39 is 0 Å². The second-order valence-electron chi connectivity index (χ2n) is 4.93. The van der Waals surface area contributed by atoms with E-state index in [1.165, 1.54) is 16.5 Å². The van der Waals surface area contributed by atoms with Crippen LogP contribution in [-0.2, 0) is 6.42 Å². The molecular formula is C17H16BrNO. The molecule has 3 aromatic rings. The zero-order valence-electron chi connectivity index (χ0n) is 11.3. The highest BCUT2D eigenvalue weighted by Gasteiger charge is 2.02. The Morgan fingerprint density at radius 2 is 1.90 bits per heavy atom. The molecule has 0 aliphatic carbocycles. The van der Waals surface area contributed by atoms with Gasteiger partial charge >= 0.3 is 0 Å². The first-order chi connectivity index (χ1) is 9.72. The molecule has 0 aliphatic rings. The Bertz CT molecular complexity index is 715. The standard InChI is InChI=1S/C17H16BrNO/c1-12-11-20-17-7-6-15(10-16(12)17)19-9-8-13-2-4-14(18)5-3-13/h2-7,10-11,19H,8-9H2,1H3. The van der Waals surface area contributed by atoms with Gasteiger partial charge in [0.2, 0.25) is 0 Å². The van der Waals surface area contributed by atoms with Crippen LogP contribution in [0.25, 0.3) is 11.0 Å². The summed E-state index contributed by atoms with van der Waals surface area (Å²) in [5.41, 5.74) is 4.60. The molecule has 102 valence electrons. The van der Waals surface area contributed by atoms with Crippen LogP contribution in [0.3, 0.4) is 0 Å². The molecule has 0 atom stereocenters. The Labute approximate surface area is 126 Å². The highest BCUT2D eigenvalue weighted by molar-refractivity contribution is 9.10. The van der Waals surface area contributed by atoms with Crippen LogP contribution in [-0.4, -0.2) is 6.54 Å². The van der Waals surface area contributed by atoms with Gasteiger partial charge in [-0.3, -0.25) is 0 Å². The van der Waals surface area contributed by atoms with E-state index in [1.807, 2.05) is 6.07 Å². The maximum Gasteiger partial charge on any atom is 0.134 e. The third kappa shape index (κ3) is 2.88. The number of halogens is 1. The number of anilines is 1. The van der Waals surface area contributed by atoms with Crippen molar-refractivity contribution >= 4 is 32.6 Å². The van der Waals surface area contributed by atoms with Gasteiger partial charge in [0.25, 0.3) is 0 Å². The van der Waals surface area contributed by atoms with Crippen molar-refractivity contribution < 1.29 is 4.42 Å². The van der Waals surface area contributed by atoms with Gasteiger partial charge in [0, 0.05) is 22.1 Å². The van der Waals surface area contributed by atoms with Crippen molar-refractivity contribution in [3.8, 4) is 0 Å². The number of hydrogen-bond acceptors (Lipinski definition) is 2. The molecule has 0 radical (unpaired) electrons. The second-order valence-corrected chi connectivity index (χ2v) is 5.85.